The molecule has 1 aliphatic heterocycles. The summed E-state index contributed by atoms with van der Waals surface area (Å²) in [4.78, 5) is 50.5. The maximum Gasteiger partial charge on any atom is 0.308 e. The molecule has 0 N–H and O–H groups in total. The van der Waals surface area contributed by atoms with E-state index >= 15 is 0 Å². The Bertz CT molecular complexity index is 710. The number of benzene rings is 1. The van der Waals surface area contributed by atoms with Crippen LogP contribution in [-0.4, -0.2) is 66.3 Å². The highest BCUT2D eigenvalue weighted by atomic mass is 16.5. The molecule has 8 nitrogen and oxygen atoms in total. The first kappa shape index (κ1) is 20.4. The quantitative estimate of drug-likeness (QED) is 0.548. The topological polar surface area (TPSA) is 93.2 Å². The summed E-state index contributed by atoms with van der Waals surface area (Å²) in [6.45, 7) is 4.95. The van der Waals surface area contributed by atoms with Crippen LogP contribution in [0.3, 0.4) is 0 Å². The normalized spacial score (nSPS) is 13.9. The number of hydrogen-bond donors (Lipinski definition) is 0. The van der Waals surface area contributed by atoms with Crippen molar-refractivity contribution < 1.29 is 28.7 Å². The zero-order valence-electron chi connectivity index (χ0n) is 15.6. The Morgan fingerprint density at radius 1 is 1.00 bits per heavy atom. The minimum atomic E-state index is -0.449. The second-order valence-corrected chi connectivity index (χ2v) is 6.10. The van der Waals surface area contributed by atoms with E-state index in [1.807, 2.05) is 0 Å². The van der Waals surface area contributed by atoms with Crippen LogP contribution < -0.4 is 4.74 Å². The van der Waals surface area contributed by atoms with Crippen LogP contribution in [0.2, 0.25) is 0 Å². The Morgan fingerprint density at radius 3 is 2.30 bits per heavy atom. The van der Waals surface area contributed by atoms with Gasteiger partial charge < -0.3 is 19.3 Å². The highest BCUT2D eigenvalue weighted by Gasteiger charge is 2.25. The lowest BCUT2D eigenvalue weighted by atomic mass is 10.1. The molecule has 1 saturated heterocycles. The smallest absolute Gasteiger partial charge is 0.308 e. The Labute approximate surface area is 158 Å². The van der Waals surface area contributed by atoms with Crippen molar-refractivity contribution in [3.63, 3.8) is 0 Å². The first-order valence-corrected chi connectivity index (χ1v) is 8.92. The fraction of sp³-hybridized carbons (Fsp3) is 0.474. The Kier molecular flexibility index (Phi) is 7.34. The number of amides is 2. The van der Waals surface area contributed by atoms with Gasteiger partial charge in [0, 0.05) is 45.1 Å². The molecule has 1 aliphatic rings. The van der Waals surface area contributed by atoms with Crippen molar-refractivity contribution in [1.82, 2.24) is 9.80 Å². The van der Waals surface area contributed by atoms with E-state index in [2.05, 4.69) is 0 Å². The standard InChI is InChI=1S/C19H24N2O6/c1-3-26-18(24)8-7-17(23)20-9-11-21(12-10-20)19(25)15-5-4-6-16(13-15)27-14(2)22/h4-6,13H,3,7-12H2,1-2H3. The van der Waals surface area contributed by atoms with Crippen LogP contribution in [0.4, 0.5) is 0 Å². The minimum Gasteiger partial charge on any atom is -0.466 e. The van der Waals surface area contributed by atoms with Gasteiger partial charge in [-0.1, -0.05) is 6.07 Å². The van der Waals surface area contributed by atoms with Gasteiger partial charge in [-0.3, -0.25) is 19.2 Å². The van der Waals surface area contributed by atoms with Crippen LogP contribution in [0.15, 0.2) is 24.3 Å². The van der Waals surface area contributed by atoms with Crippen molar-refractivity contribution in [1.29, 1.82) is 0 Å². The van der Waals surface area contributed by atoms with Gasteiger partial charge in [0.15, 0.2) is 0 Å². The van der Waals surface area contributed by atoms with Gasteiger partial charge >= 0.3 is 11.9 Å². The predicted octanol–water partition coefficient (Wildman–Crippen LogP) is 1.24. The van der Waals surface area contributed by atoms with Gasteiger partial charge in [0.25, 0.3) is 5.91 Å². The van der Waals surface area contributed by atoms with Crippen LogP contribution in [0.1, 0.15) is 37.0 Å². The molecule has 2 rings (SSSR count). The summed E-state index contributed by atoms with van der Waals surface area (Å²) >= 11 is 0. The van der Waals surface area contributed by atoms with Crippen molar-refractivity contribution >= 4 is 23.8 Å². The lowest BCUT2D eigenvalue weighted by molar-refractivity contribution is -0.146. The number of nitrogens with zero attached hydrogens (tertiary/aromatic N) is 2. The van der Waals surface area contributed by atoms with E-state index in [1.54, 1.807) is 34.9 Å². The van der Waals surface area contributed by atoms with Crippen molar-refractivity contribution in [2.75, 3.05) is 32.8 Å². The van der Waals surface area contributed by atoms with Crippen LogP contribution in [-0.2, 0) is 19.1 Å². The van der Waals surface area contributed by atoms with Crippen LogP contribution >= 0.6 is 0 Å². The summed E-state index contributed by atoms with van der Waals surface area (Å²) in [5, 5.41) is 0. The van der Waals surface area contributed by atoms with Crippen molar-refractivity contribution in [3.8, 4) is 5.75 Å². The van der Waals surface area contributed by atoms with E-state index in [4.69, 9.17) is 9.47 Å². The highest BCUT2D eigenvalue weighted by molar-refractivity contribution is 5.95. The fourth-order valence-electron chi connectivity index (χ4n) is 2.80. The zero-order valence-corrected chi connectivity index (χ0v) is 15.6. The number of rotatable bonds is 6. The maximum atomic E-state index is 12.6. The Balaban J connectivity index is 1.86. The van der Waals surface area contributed by atoms with Crippen molar-refractivity contribution in [2.45, 2.75) is 26.7 Å². The molecule has 1 heterocycles. The molecular formula is C19H24N2O6. The number of hydrogen-bond acceptors (Lipinski definition) is 6. The summed E-state index contributed by atoms with van der Waals surface area (Å²) in [6, 6.07) is 6.45. The second-order valence-electron chi connectivity index (χ2n) is 6.10. The van der Waals surface area contributed by atoms with Crippen molar-refractivity contribution in [2.24, 2.45) is 0 Å². The molecule has 0 radical (unpaired) electrons. The molecule has 2 amide bonds. The molecule has 8 heteroatoms. The summed E-state index contributed by atoms with van der Waals surface area (Å²) < 4.78 is 9.82. The fourth-order valence-corrected chi connectivity index (χ4v) is 2.80. The molecule has 1 aromatic carbocycles. The van der Waals surface area contributed by atoms with E-state index in [0.29, 0.717) is 44.1 Å². The average molecular weight is 376 g/mol. The summed E-state index contributed by atoms with van der Waals surface area (Å²) in [5.41, 5.74) is 0.427. The SMILES string of the molecule is CCOC(=O)CCC(=O)N1CCN(C(=O)c2cccc(OC(C)=O)c2)CC1. The van der Waals surface area contributed by atoms with Gasteiger partial charge in [-0.25, -0.2) is 0 Å². The molecule has 0 aromatic heterocycles. The molecule has 0 unspecified atom stereocenters. The molecule has 1 aromatic rings. The number of carbonyl (C=O) groups excluding carboxylic acids is 4. The maximum absolute atomic E-state index is 12.6. The van der Waals surface area contributed by atoms with E-state index in [0.717, 1.165) is 0 Å². The van der Waals surface area contributed by atoms with Gasteiger partial charge in [-0.05, 0) is 25.1 Å². The average Bonchev–Trinajstić information content (AvgIpc) is 2.65. The lowest BCUT2D eigenvalue weighted by Crippen LogP contribution is -2.50. The van der Waals surface area contributed by atoms with E-state index < -0.39 is 5.97 Å². The van der Waals surface area contributed by atoms with Crippen LogP contribution in [0.5, 0.6) is 5.75 Å². The third-order valence-electron chi connectivity index (χ3n) is 4.11. The number of piperazine rings is 1. The Morgan fingerprint density at radius 2 is 1.67 bits per heavy atom. The third-order valence-corrected chi connectivity index (χ3v) is 4.11. The zero-order chi connectivity index (χ0) is 19.8. The number of ether oxygens (including phenoxy) is 2. The predicted molar refractivity (Wildman–Crippen MR) is 96.1 cm³/mol. The van der Waals surface area contributed by atoms with Gasteiger partial charge in [0.05, 0.1) is 13.0 Å². The second kappa shape index (κ2) is 9.70. The Hall–Kier alpha value is -2.90. The van der Waals surface area contributed by atoms with E-state index in [1.165, 1.54) is 13.0 Å². The summed E-state index contributed by atoms with van der Waals surface area (Å²) in [5.74, 6) is -0.808. The van der Waals surface area contributed by atoms with Crippen LogP contribution in [0, 0.1) is 0 Å². The third kappa shape index (κ3) is 6.09. The van der Waals surface area contributed by atoms with Crippen molar-refractivity contribution in [3.05, 3.63) is 29.8 Å². The molecule has 27 heavy (non-hydrogen) atoms. The molecule has 146 valence electrons. The van der Waals surface area contributed by atoms with E-state index in [9.17, 15) is 19.2 Å². The monoisotopic (exact) mass is 376 g/mol. The highest BCUT2D eigenvalue weighted by Crippen LogP contribution is 2.16. The van der Waals surface area contributed by atoms with Gasteiger partial charge in [-0.2, -0.15) is 0 Å². The van der Waals surface area contributed by atoms with Gasteiger partial charge in [0.2, 0.25) is 5.91 Å². The van der Waals surface area contributed by atoms with E-state index in [-0.39, 0.29) is 30.6 Å². The first-order valence-electron chi connectivity index (χ1n) is 8.92. The molecule has 0 atom stereocenters. The van der Waals surface area contributed by atoms with Gasteiger partial charge in [0.1, 0.15) is 5.75 Å². The molecular weight excluding hydrogens is 352 g/mol. The summed E-state index contributed by atoms with van der Waals surface area (Å²) in [6.07, 6.45) is 0.173. The molecule has 1 fully saturated rings. The minimum absolute atomic E-state index is 0.0642. The van der Waals surface area contributed by atoms with Crippen LogP contribution in [0.25, 0.3) is 0 Å². The largest absolute Gasteiger partial charge is 0.466 e. The molecule has 0 spiro atoms. The molecule has 0 saturated carbocycles. The molecule has 0 aliphatic carbocycles. The molecule has 0 bridgehead atoms. The summed E-state index contributed by atoms with van der Waals surface area (Å²) in [7, 11) is 0. The first-order chi connectivity index (χ1) is 12.9. The number of esters is 2. The lowest BCUT2D eigenvalue weighted by Gasteiger charge is -2.34. The van der Waals surface area contributed by atoms with Gasteiger partial charge in [-0.15, -0.1) is 0 Å². The number of carbonyl (C=O) groups is 4.